The van der Waals surface area contributed by atoms with Crippen LogP contribution < -0.4 is 0 Å². The lowest BCUT2D eigenvalue weighted by Crippen LogP contribution is -2.33. The second-order valence-corrected chi connectivity index (χ2v) is 4.44. The van der Waals surface area contributed by atoms with Crippen LogP contribution in [0.5, 0.6) is 0 Å². The van der Waals surface area contributed by atoms with Crippen molar-refractivity contribution in [3.05, 3.63) is 39.9 Å². The van der Waals surface area contributed by atoms with Crippen LogP contribution in [-0.4, -0.2) is 22.9 Å². The van der Waals surface area contributed by atoms with Crippen LogP contribution in [0.25, 0.3) is 0 Å². The lowest BCUT2D eigenvalue weighted by Gasteiger charge is -2.30. The molecule has 0 aliphatic carbocycles. The summed E-state index contributed by atoms with van der Waals surface area (Å²) in [5.41, 5.74) is 0.543. The molecule has 0 N–H and O–H groups in total. The van der Waals surface area contributed by atoms with Gasteiger partial charge >= 0.3 is 0 Å². The number of benzene rings is 1. The summed E-state index contributed by atoms with van der Waals surface area (Å²) in [6.07, 6.45) is 3.28. The molecule has 1 aliphatic rings. The van der Waals surface area contributed by atoms with E-state index in [1.807, 2.05) is 4.90 Å². The van der Waals surface area contributed by atoms with Gasteiger partial charge in [0.05, 0.1) is 16.6 Å². The summed E-state index contributed by atoms with van der Waals surface area (Å²) >= 11 is 0. The van der Waals surface area contributed by atoms with Crippen molar-refractivity contribution in [2.75, 3.05) is 13.1 Å². The van der Waals surface area contributed by atoms with Crippen LogP contribution in [0.2, 0.25) is 0 Å². The van der Waals surface area contributed by atoms with Crippen molar-refractivity contribution in [2.24, 2.45) is 0 Å². The molecule has 18 heavy (non-hydrogen) atoms. The monoisotopic (exact) mass is 245 g/mol. The molecule has 1 heterocycles. The molecule has 0 aromatic heterocycles. The standard InChI is InChI=1S/C13H15N3O2/c14-10-13(15-8-4-1-5-9-15)11-6-2-3-7-12(11)16(17)18/h2-3,6-7,13H,1,4-5,8-9H2. The minimum atomic E-state index is -0.508. The van der Waals surface area contributed by atoms with Gasteiger partial charge < -0.3 is 0 Å². The van der Waals surface area contributed by atoms with Gasteiger partial charge in [-0.15, -0.1) is 0 Å². The molecule has 1 atom stereocenters. The summed E-state index contributed by atoms with van der Waals surface area (Å²) in [5.74, 6) is 0. The molecule has 1 fully saturated rings. The van der Waals surface area contributed by atoms with Gasteiger partial charge in [0.15, 0.2) is 0 Å². The first kappa shape index (κ1) is 12.5. The molecule has 2 rings (SSSR count). The number of hydrogen-bond acceptors (Lipinski definition) is 4. The summed E-state index contributed by atoms with van der Waals surface area (Å²) in [5, 5.41) is 20.3. The summed E-state index contributed by atoms with van der Waals surface area (Å²) in [6, 6.07) is 8.22. The topological polar surface area (TPSA) is 70.2 Å². The van der Waals surface area contributed by atoms with Crippen molar-refractivity contribution in [3.8, 4) is 6.07 Å². The summed E-state index contributed by atoms with van der Waals surface area (Å²) in [7, 11) is 0. The van der Waals surface area contributed by atoms with Crippen LogP contribution in [0, 0.1) is 21.4 Å². The predicted molar refractivity (Wildman–Crippen MR) is 66.9 cm³/mol. The number of nitro groups is 1. The van der Waals surface area contributed by atoms with Crippen molar-refractivity contribution in [1.82, 2.24) is 4.90 Å². The molecule has 94 valence electrons. The van der Waals surface area contributed by atoms with E-state index in [-0.39, 0.29) is 5.69 Å². The van der Waals surface area contributed by atoms with Crippen LogP contribution in [-0.2, 0) is 0 Å². The van der Waals surface area contributed by atoms with E-state index < -0.39 is 11.0 Å². The number of nitrogens with zero attached hydrogens (tertiary/aromatic N) is 3. The van der Waals surface area contributed by atoms with Crippen LogP contribution in [0.3, 0.4) is 0 Å². The molecular formula is C13H15N3O2. The molecule has 5 heteroatoms. The second-order valence-electron chi connectivity index (χ2n) is 4.44. The SMILES string of the molecule is N#CC(c1ccccc1[N+](=O)[O-])N1CCCCC1. The van der Waals surface area contributed by atoms with E-state index in [0.29, 0.717) is 5.56 Å². The van der Waals surface area contributed by atoms with Gasteiger partial charge in [0.2, 0.25) is 0 Å². The zero-order valence-corrected chi connectivity index (χ0v) is 10.1. The van der Waals surface area contributed by atoms with Gasteiger partial charge in [-0.2, -0.15) is 5.26 Å². The normalized spacial score (nSPS) is 17.9. The highest BCUT2D eigenvalue weighted by Crippen LogP contribution is 2.30. The average Bonchev–Trinajstić information content (AvgIpc) is 2.41. The van der Waals surface area contributed by atoms with Crippen molar-refractivity contribution < 1.29 is 4.92 Å². The minimum Gasteiger partial charge on any atom is -0.284 e. The van der Waals surface area contributed by atoms with E-state index >= 15 is 0 Å². The van der Waals surface area contributed by atoms with Crippen LogP contribution in [0.4, 0.5) is 5.69 Å². The Balaban J connectivity index is 2.32. The van der Waals surface area contributed by atoms with E-state index in [1.165, 1.54) is 12.5 Å². The Hall–Kier alpha value is -1.93. The quantitative estimate of drug-likeness (QED) is 0.606. The van der Waals surface area contributed by atoms with E-state index in [4.69, 9.17) is 0 Å². The van der Waals surface area contributed by atoms with E-state index in [2.05, 4.69) is 6.07 Å². The Morgan fingerprint density at radius 1 is 1.28 bits per heavy atom. The molecule has 1 aliphatic heterocycles. The molecule has 0 amide bonds. The maximum absolute atomic E-state index is 11.0. The largest absolute Gasteiger partial charge is 0.284 e. The fourth-order valence-electron chi connectivity index (χ4n) is 2.41. The smallest absolute Gasteiger partial charge is 0.275 e. The predicted octanol–water partition coefficient (Wildman–Crippen LogP) is 2.65. The highest BCUT2D eigenvalue weighted by Gasteiger charge is 2.27. The van der Waals surface area contributed by atoms with Crippen LogP contribution in [0.1, 0.15) is 30.9 Å². The number of nitriles is 1. The molecule has 1 aromatic rings. The first-order valence-corrected chi connectivity index (χ1v) is 6.11. The number of hydrogen-bond donors (Lipinski definition) is 0. The molecule has 0 bridgehead atoms. The third-order valence-corrected chi connectivity index (χ3v) is 3.31. The van der Waals surface area contributed by atoms with Crippen LogP contribution in [0.15, 0.2) is 24.3 Å². The Kier molecular flexibility index (Phi) is 3.90. The fourth-order valence-corrected chi connectivity index (χ4v) is 2.41. The zero-order valence-electron chi connectivity index (χ0n) is 10.1. The zero-order chi connectivity index (χ0) is 13.0. The second kappa shape index (κ2) is 5.61. The first-order valence-electron chi connectivity index (χ1n) is 6.11. The summed E-state index contributed by atoms with van der Waals surface area (Å²) in [4.78, 5) is 12.6. The van der Waals surface area contributed by atoms with E-state index in [9.17, 15) is 15.4 Å². The van der Waals surface area contributed by atoms with Gasteiger partial charge in [0.1, 0.15) is 6.04 Å². The molecule has 0 radical (unpaired) electrons. The molecule has 5 nitrogen and oxygen atoms in total. The number of rotatable bonds is 3. The van der Waals surface area contributed by atoms with Gasteiger partial charge in [0, 0.05) is 6.07 Å². The number of likely N-dealkylation sites (tertiary alicyclic amines) is 1. The van der Waals surface area contributed by atoms with Gasteiger partial charge in [-0.25, -0.2) is 0 Å². The van der Waals surface area contributed by atoms with Crippen molar-refractivity contribution >= 4 is 5.69 Å². The molecule has 0 saturated carbocycles. The van der Waals surface area contributed by atoms with E-state index in [1.54, 1.807) is 18.2 Å². The third kappa shape index (κ3) is 2.49. The molecule has 0 spiro atoms. The highest BCUT2D eigenvalue weighted by atomic mass is 16.6. The Morgan fingerprint density at radius 3 is 2.56 bits per heavy atom. The molecule has 1 unspecified atom stereocenters. The highest BCUT2D eigenvalue weighted by molar-refractivity contribution is 5.44. The van der Waals surface area contributed by atoms with E-state index in [0.717, 1.165) is 25.9 Å². The van der Waals surface area contributed by atoms with Gasteiger partial charge in [-0.05, 0) is 32.0 Å². The molecule has 1 aromatic carbocycles. The summed E-state index contributed by atoms with van der Waals surface area (Å²) in [6.45, 7) is 1.68. The number of nitro benzene ring substituents is 1. The lowest BCUT2D eigenvalue weighted by molar-refractivity contribution is -0.385. The Labute approximate surface area is 106 Å². The molecular weight excluding hydrogens is 230 g/mol. The van der Waals surface area contributed by atoms with Crippen molar-refractivity contribution in [3.63, 3.8) is 0 Å². The Morgan fingerprint density at radius 2 is 1.94 bits per heavy atom. The van der Waals surface area contributed by atoms with Gasteiger partial charge in [0.25, 0.3) is 5.69 Å². The third-order valence-electron chi connectivity index (χ3n) is 3.31. The average molecular weight is 245 g/mol. The van der Waals surface area contributed by atoms with Gasteiger partial charge in [-0.3, -0.25) is 15.0 Å². The maximum Gasteiger partial charge on any atom is 0.275 e. The fraction of sp³-hybridized carbons (Fsp3) is 0.462. The van der Waals surface area contributed by atoms with Crippen molar-refractivity contribution in [1.29, 1.82) is 5.26 Å². The number of para-hydroxylation sites is 1. The van der Waals surface area contributed by atoms with Crippen LogP contribution >= 0.6 is 0 Å². The maximum atomic E-state index is 11.0. The summed E-state index contributed by atoms with van der Waals surface area (Å²) < 4.78 is 0. The first-order chi connectivity index (χ1) is 8.74. The number of piperidine rings is 1. The van der Waals surface area contributed by atoms with Gasteiger partial charge in [-0.1, -0.05) is 18.6 Å². The Bertz CT molecular complexity index is 475. The minimum absolute atomic E-state index is 0.0367. The van der Waals surface area contributed by atoms with Crippen molar-refractivity contribution in [2.45, 2.75) is 25.3 Å². The lowest BCUT2D eigenvalue weighted by atomic mass is 10.0. The molecule has 1 saturated heterocycles.